The molecule has 0 saturated heterocycles. The predicted molar refractivity (Wildman–Crippen MR) is 39.1 cm³/mol. The molecule has 0 bridgehead atoms. The molecule has 0 nitrogen and oxygen atoms in total. The number of alkyl halides is 2. The number of hydrogen-bond acceptors (Lipinski definition) is 0. The molecule has 0 spiro atoms. The summed E-state index contributed by atoms with van der Waals surface area (Å²) < 4.78 is 31.4. The normalized spacial score (nSPS) is 12.9. The Morgan fingerprint density at radius 3 is 2.40 bits per heavy atom. The average Bonchev–Trinajstić information content (AvgIpc) is 1.86. The Kier molecular flexibility index (Phi) is 1.95. The minimum absolute atomic E-state index is 0.264. The monoisotopic (exact) mass is 207 g/mol. The maximum absolute atomic E-state index is 12.4. The highest BCUT2D eigenvalue weighted by atomic mass is 79.9. The lowest BCUT2D eigenvalue weighted by Crippen LogP contribution is -1.83. The molecule has 0 unspecified atom stereocenters. The smallest absolute Gasteiger partial charge is 0.205 e. The first-order chi connectivity index (χ1) is 5.02. The third-order valence-corrected chi connectivity index (χ3v) is 1.77. The van der Waals surface area contributed by atoms with E-state index >= 15 is 0 Å². The molecule has 0 aliphatic heterocycles. The molecule has 0 radical (unpaired) electrons. The van der Waals surface area contributed by atoms with E-state index in [1.54, 1.807) is 6.07 Å². The highest BCUT2D eigenvalue weighted by molar-refractivity contribution is 9.10. The molecule has 10 heavy (non-hydrogen) atoms. The first kappa shape index (κ1) is 6.28. The molecular formula is C7H5BrF2. The van der Waals surface area contributed by atoms with Crippen LogP contribution in [0.15, 0.2) is 28.7 Å². The second-order valence-electron chi connectivity index (χ2n) is 1.74. The van der Waals surface area contributed by atoms with Crippen LogP contribution in [-0.2, 0) is 0 Å². The Morgan fingerprint density at radius 1 is 1.40 bits per heavy atom. The fourth-order valence-corrected chi connectivity index (χ4v) is 1.05. The van der Waals surface area contributed by atoms with Crippen LogP contribution in [0.25, 0.3) is 0 Å². The van der Waals surface area contributed by atoms with E-state index in [2.05, 4.69) is 15.9 Å². The van der Waals surface area contributed by atoms with Gasteiger partial charge in [0, 0.05) is 10.0 Å². The zero-order chi connectivity index (χ0) is 8.48. The number of halogens is 3. The Hall–Kier alpha value is -0.440. The second kappa shape index (κ2) is 3.10. The molecule has 1 rings (SSSR count). The molecule has 3 heteroatoms. The molecule has 0 atom stereocenters. The van der Waals surface area contributed by atoms with E-state index in [9.17, 15) is 8.78 Å². The summed E-state index contributed by atoms with van der Waals surface area (Å²) >= 11 is 2.93. The van der Waals surface area contributed by atoms with Crippen LogP contribution in [-0.4, -0.2) is 0 Å². The standard InChI is InChI=1S/C7H5BrF2/c8-6-4-2-1-3-5(6)7(9)10/h1-4,7H/i7D. The van der Waals surface area contributed by atoms with Crippen LogP contribution in [0.2, 0.25) is 0 Å². The van der Waals surface area contributed by atoms with Crippen LogP contribution in [0.3, 0.4) is 0 Å². The van der Waals surface area contributed by atoms with Gasteiger partial charge < -0.3 is 0 Å². The van der Waals surface area contributed by atoms with Crippen LogP contribution in [0, 0.1) is 0 Å². The van der Waals surface area contributed by atoms with Gasteiger partial charge in [-0.25, -0.2) is 8.78 Å². The van der Waals surface area contributed by atoms with Crippen LogP contribution in [0.4, 0.5) is 8.78 Å². The van der Waals surface area contributed by atoms with Crippen molar-refractivity contribution in [2.45, 2.75) is 6.40 Å². The molecule has 0 fully saturated rings. The van der Waals surface area contributed by atoms with Gasteiger partial charge >= 0.3 is 0 Å². The molecule has 0 aliphatic rings. The minimum atomic E-state index is -3.51. The van der Waals surface area contributed by atoms with Gasteiger partial charge in [0.25, 0.3) is 6.40 Å². The van der Waals surface area contributed by atoms with Crippen molar-refractivity contribution in [3.8, 4) is 0 Å². The third kappa shape index (κ3) is 1.53. The maximum atomic E-state index is 12.4. The van der Waals surface area contributed by atoms with Crippen molar-refractivity contribution in [3.63, 3.8) is 0 Å². The first-order valence-electron chi connectivity index (χ1n) is 3.14. The molecule has 0 aliphatic carbocycles. The van der Waals surface area contributed by atoms with Crippen LogP contribution < -0.4 is 0 Å². The van der Waals surface area contributed by atoms with E-state index in [1.807, 2.05) is 0 Å². The Bertz CT molecular complexity index is 257. The van der Waals surface area contributed by atoms with Crippen molar-refractivity contribution < 1.29 is 10.2 Å². The fourth-order valence-electron chi connectivity index (χ4n) is 0.614. The lowest BCUT2D eigenvalue weighted by Gasteiger charge is -1.99. The topological polar surface area (TPSA) is 0 Å². The third-order valence-electron chi connectivity index (χ3n) is 1.08. The van der Waals surface area contributed by atoms with Crippen LogP contribution in [0.5, 0.6) is 0 Å². The molecule has 0 N–H and O–H groups in total. The van der Waals surface area contributed by atoms with Gasteiger partial charge in [-0.05, 0) is 6.07 Å². The van der Waals surface area contributed by atoms with Gasteiger partial charge in [-0.3, -0.25) is 0 Å². The van der Waals surface area contributed by atoms with Crippen molar-refractivity contribution in [1.29, 1.82) is 0 Å². The van der Waals surface area contributed by atoms with Gasteiger partial charge in [0.05, 0.1) is 0 Å². The summed E-state index contributed by atoms with van der Waals surface area (Å²) in [5.74, 6) is 0. The zero-order valence-corrected chi connectivity index (χ0v) is 6.53. The molecule has 1 aromatic rings. The van der Waals surface area contributed by atoms with Gasteiger partial charge in [0.2, 0.25) is 0 Å². The average molecular weight is 208 g/mol. The summed E-state index contributed by atoms with van der Waals surface area (Å²) in [6.45, 7) is 0. The summed E-state index contributed by atoms with van der Waals surface area (Å²) in [7, 11) is 0. The van der Waals surface area contributed by atoms with Gasteiger partial charge in [-0.2, -0.15) is 0 Å². The lowest BCUT2D eigenvalue weighted by atomic mass is 10.2. The predicted octanol–water partition coefficient (Wildman–Crippen LogP) is 3.39. The Balaban J connectivity index is 3.14. The van der Waals surface area contributed by atoms with Crippen LogP contribution >= 0.6 is 15.9 Å². The number of rotatable bonds is 1. The highest BCUT2D eigenvalue weighted by Gasteiger charge is 2.08. The SMILES string of the molecule is [2H]C(F)(F)c1ccccc1Br. The van der Waals surface area contributed by atoms with Crippen molar-refractivity contribution in [1.82, 2.24) is 0 Å². The zero-order valence-electron chi connectivity index (χ0n) is 5.94. The van der Waals surface area contributed by atoms with Gasteiger partial charge in [0.15, 0.2) is 0 Å². The van der Waals surface area contributed by atoms with Crippen molar-refractivity contribution >= 4 is 15.9 Å². The Labute approximate surface area is 67.4 Å². The molecule has 54 valence electrons. The largest absolute Gasteiger partial charge is 0.264 e. The van der Waals surface area contributed by atoms with Crippen molar-refractivity contribution in [3.05, 3.63) is 34.3 Å². The molecular weight excluding hydrogens is 202 g/mol. The fraction of sp³-hybridized carbons (Fsp3) is 0.143. The quantitative estimate of drug-likeness (QED) is 0.663. The summed E-state index contributed by atoms with van der Waals surface area (Å²) in [6, 6.07) is 5.80. The minimum Gasteiger partial charge on any atom is -0.205 e. The van der Waals surface area contributed by atoms with Crippen LogP contribution in [0.1, 0.15) is 13.3 Å². The van der Waals surface area contributed by atoms with Gasteiger partial charge in [-0.1, -0.05) is 34.1 Å². The molecule has 0 amide bonds. The van der Waals surface area contributed by atoms with E-state index in [0.29, 0.717) is 0 Å². The van der Waals surface area contributed by atoms with Crippen molar-refractivity contribution in [2.75, 3.05) is 0 Å². The first-order valence-corrected chi connectivity index (χ1v) is 3.44. The highest BCUT2D eigenvalue weighted by Crippen LogP contribution is 2.26. The number of benzene rings is 1. The lowest BCUT2D eigenvalue weighted by molar-refractivity contribution is 0.150. The van der Waals surface area contributed by atoms with E-state index in [4.69, 9.17) is 1.37 Å². The second-order valence-corrected chi connectivity index (χ2v) is 2.59. The molecule has 0 saturated carbocycles. The Morgan fingerprint density at radius 2 is 2.00 bits per heavy atom. The van der Waals surface area contributed by atoms with E-state index < -0.39 is 6.40 Å². The maximum Gasteiger partial charge on any atom is 0.264 e. The summed E-state index contributed by atoms with van der Waals surface area (Å²) in [5.41, 5.74) is -0.306. The molecule has 0 heterocycles. The summed E-state index contributed by atoms with van der Waals surface area (Å²) in [5, 5.41) is 0. The van der Waals surface area contributed by atoms with E-state index in [1.165, 1.54) is 18.2 Å². The summed E-state index contributed by atoms with van der Waals surface area (Å²) in [4.78, 5) is 0. The van der Waals surface area contributed by atoms with Gasteiger partial charge in [-0.15, -0.1) is 0 Å². The van der Waals surface area contributed by atoms with E-state index in [0.717, 1.165) is 0 Å². The van der Waals surface area contributed by atoms with Crippen molar-refractivity contribution in [2.24, 2.45) is 0 Å². The summed E-state index contributed by atoms with van der Waals surface area (Å²) in [6.07, 6.45) is -3.51. The molecule has 0 aromatic heterocycles. The number of hydrogen-bond donors (Lipinski definition) is 0. The van der Waals surface area contributed by atoms with Gasteiger partial charge in [0.1, 0.15) is 1.37 Å². The molecule has 1 aromatic carbocycles. The van der Waals surface area contributed by atoms with E-state index in [-0.39, 0.29) is 10.0 Å².